The molecule has 4 rings (SSSR count). The van der Waals surface area contributed by atoms with Crippen LogP contribution in [0.25, 0.3) is 10.2 Å². The lowest BCUT2D eigenvalue weighted by Crippen LogP contribution is -2.26. The van der Waals surface area contributed by atoms with Crippen LogP contribution in [0.1, 0.15) is 45.4 Å². The van der Waals surface area contributed by atoms with Gasteiger partial charge in [0.1, 0.15) is 5.56 Å². The molecule has 1 aliphatic carbocycles. The molecular weight excluding hydrogens is 324 g/mol. The van der Waals surface area contributed by atoms with Crippen molar-refractivity contribution in [3.63, 3.8) is 0 Å². The van der Waals surface area contributed by atoms with Gasteiger partial charge in [0.25, 0.3) is 11.5 Å². The van der Waals surface area contributed by atoms with Gasteiger partial charge in [-0.3, -0.25) is 9.59 Å². The molecule has 0 spiro atoms. The second kappa shape index (κ2) is 5.52. The molecule has 24 heavy (non-hydrogen) atoms. The molecule has 2 aromatic heterocycles. The smallest absolute Gasteiger partial charge is 0.277 e. The SMILES string of the molecule is Cc1n[nH]c(=O)c(C(=O)Nc2ccc3nc(C4CC4)sc3c2)c1C. The molecule has 0 radical (unpaired) electrons. The van der Waals surface area contributed by atoms with Gasteiger partial charge in [-0.25, -0.2) is 10.1 Å². The zero-order chi connectivity index (χ0) is 16.8. The predicted octanol–water partition coefficient (Wildman–Crippen LogP) is 3.13. The van der Waals surface area contributed by atoms with E-state index in [9.17, 15) is 9.59 Å². The minimum atomic E-state index is -0.481. The number of fused-ring (bicyclic) bond motifs is 1. The Labute approximate surface area is 141 Å². The predicted molar refractivity (Wildman–Crippen MR) is 93.9 cm³/mol. The third-order valence-corrected chi connectivity index (χ3v) is 5.47. The van der Waals surface area contributed by atoms with Gasteiger partial charge < -0.3 is 5.32 Å². The monoisotopic (exact) mass is 340 g/mol. The normalized spacial score (nSPS) is 14.1. The molecule has 0 bridgehead atoms. The van der Waals surface area contributed by atoms with Gasteiger partial charge >= 0.3 is 0 Å². The maximum Gasteiger partial charge on any atom is 0.277 e. The van der Waals surface area contributed by atoms with Crippen molar-refractivity contribution >= 4 is 33.1 Å². The van der Waals surface area contributed by atoms with Crippen molar-refractivity contribution in [3.05, 3.63) is 50.4 Å². The van der Waals surface area contributed by atoms with Gasteiger partial charge in [-0.2, -0.15) is 5.10 Å². The summed E-state index contributed by atoms with van der Waals surface area (Å²) in [6.07, 6.45) is 2.43. The standard InChI is InChI=1S/C17H16N4O2S/c1-8-9(2)20-21-16(23)14(8)15(22)18-11-5-6-12-13(7-11)24-17(19-12)10-3-4-10/h5-7,10H,3-4H2,1-2H3,(H,18,22)(H,21,23). The molecule has 2 heterocycles. The van der Waals surface area contributed by atoms with Crippen LogP contribution in [0.2, 0.25) is 0 Å². The molecule has 1 aromatic carbocycles. The number of benzene rings is 1. The molecule has 1 amide bonds. The number of nitrogens with zero attached hydrogens (tertiary/aromatic N) is 2. The quantitative estimate of drug-likeness (QED) is 0.767. The zero-order valence-corrected chi connectivity index (χ0v) is 14.2. The summed E-state index contributed by atoms with van der Waals surface area (Å²) in [6.45, 7) is 3.48. The van der Waals surface area contributed by atoms with Crippen LogP contribution in [0, 0.1) is 13.8 Å². The molecule has 122 valence electrons. The highest BCUT2D eigenvalue weighted by Crippen LogP contribution is 2.43. The van der Waals surface area contributed by atoms with Crippen molar-refractivity contribution in [1.82, 2.24) is 15.2 Å². The van der Waals surface area contributed by atoms with Crippen LogP contribution in [-0.2, 0) is 0 Å². The Morgan fingerprint density at radius 3 is 2.88 bits per heavy atom. The van der Waals surface area contributed by atoms with Gasteiger partial charge in [-0.1, -0.05) is 0 Å². The number of aryl methyl sites for hydroxylation is 1. The molecule has 2 N–H and O–H groups in total. The maximum absolute atomic E-state index is 12.5. The number of carbonyl (C=O) groups is 1. The van der Waals surface area contributed by atoms with Gasteiger partial charge in [-0.05, 0) is 50.5 Å². The zero-order valence-electron chi connectivity index (χ0n) is 13.3. The summed E-state index contributed by atoms with van der Waals surface area (Å²) in [5, 5.41) is 10.2. The van der Waals surface area contributed by atoms with E-state index in [-0.39, 0.29) is 5.56 Å². The highest BCUT2D eigenvalue weighted by Gasteiger charge is 2.27. The van der Waals surface area contributed by atoms with Crippen LogP contribution in [0.5, 0.6) is 0 Å². The number of carbonyl (C=O) groups excluding carboxylic acids is 1. The second-order valence-corrected chi connectivity index (χ2v) is 7.16. The van der Waals surface area contributed by atoms with E-state index in [0.717, 1.165) is 10.2 Å². The van der Waals surface area contributed by atoms with E-state index in [4.69, 9.17) is 0 Å². The topological polar surface area (TPSA) is 87.7 Å². The summed E-state index contributed by atoms with van der Waals surface area (Å²) < 4.78 is 1.05. The molecule has 0 atom stereocenters. The lowest BCUT2D eigenvalue weighted by molar-refractivity contribution is 0.102. The van der Waals surface area contributed by atoms with E-state index in [1.165, 1.54) is 17.8 Å². The number of nitrogens with one attached hydrogen (secondary N) is 2. The highest BCUT2D eigenvalue weighted by atomic mass is 32.1. The van der Waals surface area contributed by atoms with Gasteiger partial charge in [0.2, 0.25) is 0 Å². The van der Waals surface area contributed by atoms with E-state index >= 15 is 0 Å². The second-order valence-electron chi connectivity index (χ2n) is 6.10. The molecule has 0 unspecified atom stereocenters. The van der Waals surface area contributed by atoms with Crippen LogP contribution >= 0.6 is 11.3 Å². The third-order valence-electron chi connectivity index (χ3n) is 4.29. The van der Waals surface area contributed by atoms with Crippen LogP contribution in [-0.4, -0.2) is 21.1 Å². The van der Waals surface area contributed by atoms with Crippen LogP contribution in [0.4, 0.5) is 5.69 Å². The van der Waals surface area contributed by atoms with E-state index in [1.807, 2.05) is 18.2 Å². The fraction of sp³-hybridized carbons (Fsp3) is 0.294. The summed E-state index contributed by atoms with van der Waals surface area (Å²) >= 11 is 1.67. The van der Waals surface area contributed by atoms with E-state index in [1.54, 1.807) is 25.2 Å². The van der Waals surface area contributed by atoms with Gasteiger partial charge in [-0.15, -0.1) is 11.3 Å². The van der Waals surface area contributed by atoms with Gasteiger partial charge in [0, 0.05) is 11.6 Å². The third kappa shape index (κ3) is 2.60. The maximum atomic E-state index is 12.5. The summed E-state index contributed by atoms with van der Waals surface area (Å²) in [5.41, 5.74) is 2.45. The number of rotatable bonds is 3. The van der Waals surface area contributed by atoms with Crippen LogP contribution in [0.15, 0.2) is 23.0 Å². The number of H-pyrrole nitrogens is 1. The van der Waals surface area contributed by atoms with Crippen molar-refractivity contribution in [2.75, 3.05) is 5.32 Å². The molecule has 7 heteroatoms. The van der Waals surface area contributed by atoms with E-state index < -0.39 is 11.5 Å². The van der Waals surface area contributed by atoms with Crippen molar-refractivity contribution in [2.24, 2.45) is 0 Å². The Balaban J connectivity index is 1.65. The summed E-state index contributed by atoms with van der Waals surface area (Å²) in [7, 11) is 0. The molecular formula is C17H16N4O2S. The van der Waals surface area contributed by atoms with E-state index in [2.05, 4.69) is 20.5 Å². The summed E-state index contributed by atoms with van der Waals surface area (Å²) in [5.74, 6) is 0.187. The van der Waals surface area contributed by atoms with Crippen molar-refractivity contribution in [3.8, 4) is 0 Å². The fourth-order valence-corrected chi connectivity index (χ4v) is 3.79. The first-order chi connectivity index (χ1) is 11.5. The number of hydrogen-bond donors (Lipinski definition) is 2. The first kappa shape index (κ1) is 15.0. The molecule has 1 fully saturated rings. The minimum Gasteiger partial charge on any atom is -0.322 e. The van der Waals surface area contributed by atoms with Gasteiger partial charge in [0.15, 0.2) is 0 Å². The molecule has 1 aliphatic rings. The summed E-state index contributed by atoms with van der Waals surface area (Å²) in [6, 6.07) is 5.63. The molecule has 1 saturated carbocycles. The van der Waals surface area contributed by atoms with Crippen LogP contribution < -0.4 is 10.9 Å². The number of thiazole rings is 1. The van der Waals surface area contributed by atoms with Gasteiger partial charge in [0.05, 0.1) is 20.9 Å². The van der Waals surface area contributed by atoms with E-state index in [0.29, 0.717) is 22.9 Å². The summed E-state index contributed by atoms with van der Waals surface area (Å²) in [4.78, 5) is 29.1. The number of anilines is 1. The highest BCUT2D eigenvalue weighted by molar-refractivity contribution is 7.18. The Hall–Kier alpha value is -2.54. The number of amides is 1. The Morgan fingerprint density at radius 2 is 2.12 bits per heavy atom. The average molecular weight is 340 g/mol. The first-order valence-electron chi connectivity index (χ1n) is 7.80. The fourth-order valence-electron chi connectivity index (χ4n) is 2.62. The average Bonchev–Trinajstić information content (AvgIpc) is 3.31. The Kier molecular flexibility index (Phi) is 3.45. The molecule has 3 aromatic rings. The largest absolute Gasteiger partial charge is 0.322 e. The molecule has 6 nitrogen and oxygen atoms in total. The molecule has 0 aliphatic heterocycles. The molecule has 0 saturated heterocycles. The van der Waals surface area contributed by atoms with Crippen molar-refractivity contribution < 1.29 is 4.79 Å². The van der Waals surface area contributed by atoms with Crippen molar-refractivity contribution in [1.29, 1.82) is 0 Å². The number of aromatic amines is 1. The first-order valence-corrected chi connectivity index (χ1v) is 8.62. The number of aromatic nitrogens is 3. The lowest BCUT2D eigenvalue weighted by atomic mass is 10.1. The number of hydrogen-bond acceptors (Lipinski definition) is 5. The lowest BCUT2D eigenvalue weighted by Gasteiger charge is -2.08. The Morgan fingerprint density at radius 1 is 1.33 bits per heavy atom. The van der Waals surface area contributed by atoms with Crippen LogP contribution in [0.3, 0.4) is 0 Å². The van der Waals surface area contributed by atoms with Crippen molar-refractivity contribution in [2.45, 2.75) is 32.6 Å². The minimum absolute atomic E-state index is 0.102. The Bertz CT molecular complexity index is 1020.